The normalized spacial score (nSPS) is 19.8. The van der Waals surface area contributed by atoms with Gasteiger partial charge < -0.3 is 10.6 Å². The lowest BCUT2D eigenvalue weighted by atomic mass is 9.95. The Kier molecular flexibility index (Phi) is 8.46. The highest BCUT2D eigenvalue weighted by atomic mass is 35.5. The van der Waals surface area contributed by atoms with Crippen LogP contribution in [-0.2, 0) is 0 Å². The van der Waals surface area contributed by atoms with Crippen LogP contribution >= 0.6 is 47.8 Å². The topological polar surface area (TPSA) is 54.0 Å². The number of amides is 1. The summed E-state index contributed by atoms with van der Waals surface area (Å²) in [5, 5.41) is 9.71. The number of thiazole rings is 1. The molecule has 0 aliphatic carbocycles. The van der Waals surface area contributed by atoms with Crippen LogP contribution in [0.5, 0.6) is 0 Å². The van der Waals surface area contributed by atoms with Crippen molar-refractivity contribution < 1.29 is 4.79 Å². The van der Waals surface area contributed by atoms with Crippen LogP contribution in [0.25, 0.3) is 10.6 Å². The van der Waals surface area contributed by atoms with Gasteiger partial charge in [0, 0.05) is 22.0 Å². The van der Waals surface area contributed by atoms with Gasteiger partial charge in [-0.15, -0.1) is 36.2 Å². The van der Waals surface area contributed by atoms with Gasteiger partial charge in [0.2, 0.25) is 0 Å². The van der Waals surface area contributed by atoms with Gasteiger partial charge in [0.05, 0.1) is 0 Å². The van der Waals surface area contributed by atoms with E-state index < -0.39 is 0 Å². The van der Waals surface area contributed by atoms with Gasteiger partial charge in [-0.3, -0.25) is 4.79 Å². The quantitative estimate of drug-likeness (QED) is 0.806. The molecule has 8 heteroatoms. The fourth-order valence-corrected chi connectivity index (χ4v) is 3.59. The highest BCUT2D eigenvalue weighted by Crippen LogP contribution is 2.26. The molecule has 24 heavy (non-hydrogen) atoms. The molecule has 1 amide bonds. The summed E-state index contributed by atoms with van der Waals surface area (Å²) in [6.45, 7) is 4.03. The molecule has 1 aliphatic heterocycles. The second-order valence-electron chi connectivity index (χ2n) is 5.60. The molecule has 0 spiro atoms. The molecule has 132 valence electrons. The molecule has 1 saturated heterocycles. The SMILES string of the molecule is CC1CNCCC1NC(=O)c1csc(-c2cccc(Cl)c2)n1.Cl.Cl. The van der Waals surface area contributed by atoms with Crippen molar-refractivity contribution >= 4 is 53.7 Å². The van der Waals surface area contributed by atoms with Crippen LogP contribution in [0.1, 0.15) is 23.8 Å². The predicted molar refractivity (Wildman–Crippen MR) is 105 cm³/mol. The van der Waals surface area contributed by atoms with Gasteiger partial charge in [-0.25, -0.2) is 4.98 Å². The lowest BCUT2D eigenvalue weighted by Gasteiger charge is -2.29. The number of nitrogens with zero attached hydrogens (tertiary/aromatic N) is 1. The van der Waals surface area contributed by atoms with Crippen molar-refractivity contribution in [2.75, 3.05) is 13.1 Å². The van der Waals surface area contributed by atoms with Gasteiger partial charge in [0.15, 0.2) is 0 Å². The number of hydrogen-bond acceptors (Lipinski definition) is 4. The van der Waals surface area contributed by atoms with Gasteiger partial charge in [0.1, 0.15) is 10.7 Å². The van der Waals surface area contributed by atoms with Crippen molar-refractivity contribution in [1.29, 1.82) is 0 Å². The number of carbonyl (C=O) groups is 1. The summed E-state index contributed by atoms with van der Waals surface area (Å²) in [4.78, 5) is 16.8. The Hall–Kier alpha value is -0.850. The van der Waals surface area contributed by atoms with Gasteiger partial charge in [-0.1, -0.05) is 30.7 Å². The van der Waals surface area contributed by atoms with E-state index in [-0.39, 0.29) is 36.8 Å². The first kappa shape index (κ1) is 21.2. The van der Waals surface area contributed by atoms with Crippen molar-refractivity contribution in [3.63, 3.8) is 0 Å². The fourth-order valence-electron chi connectivity index (χ4n) is 2.60. The van der Waals surface area contributed by atoms with Crippen molar-refractivity contribution in [2.24, 2.45) is 5.92 Å². The molecule has 1 aromatic carbocycles. The van der Waals surface area contributed by atoms with Gasteiger partial charge >= 0.3 is 0 Å². The van der Waals surface area contributed by atoms with Crippen LogP contribution < -0.4 is 10.6 Å². The molecule has 4 nitrogen and oxygen atoms in total. The Balaban J connectivity index is 0.00000144. The van der Waals surface area contributed by atoms with E-state index in [0.29, 0.717) is 16.6 Å². The third kappa shape index (κ3) is 5.07. The number of nitrogens with one attached hydrogen (secondary N) is 2. The maximum atomic E-state index is 12.4. The summed E-state index contributed by atoms with van der Waals surface area (Å²) in [5.41, 5.74) is 1.41. The molecule has 2 N–H and O–H groups in total. The molecule has 0 radical (unpaired) electrons. The first-order valence-electron chi connectivity index (χ1n) is 7.36. The average molecular weight is 409 g/mol. The molecule has 2 aromatic rings. The lowest BCUT2D eigenvalue weighted by molar-refractivity contribution is 0.0910. The zero-order valence-corrected chi connectivity index (χ0v) is 16.3. The smallest absolute Gasteiger partial charge is 0.271 e. The minimum Gasteiger partial charge on any atom is -0.348 e. The van der Waals surface area contributed by atoms with Crippen LogP contribution in [0.4, 0.5) is 0 Å². The van der Waals surface area contributed by atoms with Gasteiger partial charge in [-0.2, -0.15) is 0 Å². The molecule has 2 heterocycles. The molecule has 1 aromatic heterocycles. The number of aromatic nitrogens is 1. The number of piperidine rings is 1. The Morgan fingerprint density at radius 3 is 2.92 bits per heavy atom. The Morgan fingerprint density at radius 1 is 1.42 bits per heavy atom. The number of rotatable bonds is 3. The third-order valence-corrected chi connectivity index (χ3v) is 5.04. The molecular weight excluding hydrogens is 389 g/mol. The zero-order valence-electron chi connectivity index (χ0n) is 13.1. The molecule has 0 bridgehead atoms. The lowest BCUT2D eigenvalue weighted by Crippen LogP contribution is -2.48. The summed E-state index contributed by atoms with van der Waals surface area (Å²) < 4.78 is 0. The van der Waals surface area contributed by atoms with Crippen molar-refractivity contribution in [1.82, 2.24) is 15.6 Å². The maximum absolute atomic E-state index is 12.4. The minimum atomic E-state index is -0.0942. The predicted octanol–water partition coefficient (Wildman–Crippen LogP) is 4.03. The molecular formula is C16H20Cl3N3OS. The molecule has 2 atom stereocenters. The van der Waals surface area contributed by atoms with E-state index in [9.17, 15) is 4.79 Å². The van der Waals surface area contributed by atoms with Crippen LogP contribution in [-0.4, -0.2) is 30.0 Å². The minimum absolute atomic E-state index is 0. The monoisotopic (exact) mass is 407 g/mol. The molecule has 1 aliphatic rings. The Morgan fingerprint density at radius 2 is 2.21 bits per heavy atom. The highest BCUT2D eigenvalue weighted by Gasteiger charge is 2.24. The molecule has 1 fully saturated rings. The van der Waals surface area contributed by atoms with E-state index in [1.807, 2.05) is 24.3 Å². The van der Waals surface area contributed by atoms with E-state index in [1.54, 1.807) is 5.38 Å². The van der Waals surface area contributed by atoms with Crippen LogP contribution in [0, 0.1) is 5.92 Å². The second-order valence-corrected chi connectivity index (χ2v) is 6.89. The summed E-state index contributed by atoms with van der Waals surface area (Å²) in [7, 11) is 0. The first-order chi connectivity index (χ1) is 10.6. The van der Waals surface area contributed by atoms with E-state index in [0.717, 1.165) is 30.1 Å². The summed E-state index contributed by atoms with van der Waals surface area (Å²) in [6.07, 6.45) is 0.957. The number of benzene rings is 1. The number of halogens is 3. The standard InChI is InChI=1S/C16H18ClN3OS.2ClH/c1-10-8-18-6-5-13(10)19-15(21)14-9-22-16(20-14)11-3-2-4-12(17)7-11;;/h2-4,7,9-10,13,18H,5-6,8H2,1H3,(H,19,21);2*1H. The van der Waals surface area contributed by atoms with Crippen molar-refractivity contribution in [3.8, 4) is 10.6 Å². The summed E-state index contributed by atoms with van der Waals surface area (Å²) in [5.74, 6) is 0.340. The molecule has 2 unspecified atom stereocenters. The second kappa shape index (κ2) is 9.59. The van der Waals surface area contributed by atoms with E-state index >= 15 is 0 Å². The number of carbonyl (C=O) groups excluding carboxylic acids is 1. The van der Waals surface area contributed by atoms with E-state index in [2.05, 4.69) is 22.5 Å². The average Bonchev–Trinajstić information content (AvgIpc) is 2.99. The van der Waals surface area contributed by atoms with Crippen LogP contribution in [0.3, 0.4) is 0 Å². The molecule has 0 saturated carbocycles. The Bertz CT molecular complexity index is 680. The summed E-state index contributed by atoms with van der Waals surface area (Å²) >= 11 is 7.46. The van der Waals surface area contributed by atoms with Crippen molar-refractivity contribution in [3.05, 3.63) is 40.4 Å². The van der Waals surface area contributed by atoms with Crippen LogP contribution in [0.2, 0.25) is 5.02 Å². The third-order valence-electron chi connectivity index (χ3n) is 3.91. The zero-order chi connectivity index (χ0) is 15.5. The van der Waals surface area contributed by atoms with Crippen molar-refractivity contribution in [2.45, 2.75) is 19.4 Å². The van der Waals surface area contributed by atoms with E-state index in [4.69, 9.17) is 11.6 Å². The van der Waals surface area contributed by atoms with E-state index in [1.165, 1.54) is 11.3 Å². The maximum Gasteiger partial charge on any atom is 0.271 e. The Labute approximate surface area is 163 Å². The number of hydrogen-bond donors (Lipinski definition) is 2. The fraction of sp³-hybridized carbons (Fsp3) is 0.375. The molecule has 3 rings (SSSR count). The summed E-state index contributed by atoms with van der Waals surface area (Å²) in [6, 6.07) is 7.73. The van der Waals surface area contributed by atoms with Gasteiger partial charge in [0.25, 0.3) is 5.91 Å². The highest BCUT2D eigenvalue weighted by molar-refractivity contribution is 7.13. The van der Waals surface area contributed by atoms with Gasteiger partial charge in [-0.05, 0) is 37.6 Å². The largest absolute Gasteiger partial charge is 0.348 e. The van der Waals surface area contributed by atoms with Crippen LogP contribution in [0.15, 0.2) is 29.6 Å². The first-order valence-corrected chi connectivity index (χ1v) is 8.62.